The Labute approximate surface area is 353 Å². The first kappa shape index (κ1) is 35.8. The van der Waals surface area contributed by atoms with Crippen molar-refractivity contribution in [3.63, 3.8) is 0 Å². The molecule has 2 aliphatic carbocycles. The van der Waals surface area contributed by atoms with Gasteiger partial charge in [0.05, 0.1) is 10.8 Å². The molecule has 284 valence electrons. The fourth-order valence-electron chi connectivity index (χ4n) is 11.2. The molecular formula is C60H44. The zero-order valence-electron chi connectivity index (χ0n) is 33.4. The third-order valence-electron chi connectivity index (χ3n) is 13.4. The molecule has 0 N–H and O–H groups in total. The van der Waals surface area contributed by atoms with Crippen molar-refractivity contribution in [2.45, 2.75) is 22.7 Å². The number of hydrogen-bond donors (Lipinski definition) is 0. The van der Waals surface area contributed by atoms with Crippen LogP contribution in [0.1, 0.15) is 78.6 Å². The van der Waals surface area contributed by atoms with Crippen molar-refractivity contribution in [1.82, 2.24) is 0 Å². The van der Waals surface area contributed by atoms with Crippen LogP contribution in [0.4, 0.5) is 0 Å². The molecule has 0 aliphatic heterocycles. The Morgan fingerprint density at radius 3 is 1.33 bits per heavy atom. The normalized spacial score (nSPS) is 20.4. The van der Waals surface area contributed by atoms with Crippen LogP contribution < -0.4 is 0 Å². The van der Waals surface area contributed by atoms with E-state index < -0.39 is 10.8 Å². The van der Waals surface area contributed by atoms with Gasteiger partial charge in [-0.05, 0) is 77.9 Å². The van der Waals surface area contributed by atoms with Gasteiger partial charge in [0.25, 0.3) is 0 Å². The van der Waals surface area contributed by atoms with Crippen molar-refractivity contribution in [1.29, 1.82) is 0 Å². The van der Waals surface area contributed by atoms with Crippen LogP contribution in [-0.2, 0) is 10.8 Å². The quantitative estimate of drug-likeness (QED) is 0.145. The number of rotatable bonds is 8. The summed E-state index contributed by atoms with van der Waals surface area (Å²) in [6.07, 6.45) is 0. The molecule has 0 saturated carbocycles. The average molecular weight is 765 g/mol. The highest BCUT2D eigenvalue weighted by Crippen LogP contribution is 2.64. The summed E-state index contributed by atoms with van der Waals surface area (Å²) in [5.41, 5.74) is 17.1. The SMILES string of the molecule is c1ccc(C2=C(c3ccccc3)C(c3ccccc3)(c3ccc(C4(c5ccccc5)c5ccccc5C(c5ccccc5)C4c4ccccc4)cc3)c3ccccc32)cc1. The third kappa shape index (κ3) is 5.38. The highest BCUT2D eigenvalue weighted by atomic mass is 14.6. The molecule has 0 amide bonds. The van der Waals surface area contributed by atoms with Crippen molar-refractivity contribution in [3.8, 4) is 0 Å². The number of benzene rings is 9. The summed E-state index contributed by atoms with van der Waals surface area (Å²) < 4.78 is 0. The second-order valence-corrected chi connectivity index (χ2v) is 16.3. The van der Waals surface area contributed by atoms with Gasteiger partial charge in [-0.1, -0.05) is 255 Å². The maximum absolute atomic E-state index is 2.47. The van der Waals surface area contributed by atoms with Gasteiger partial charge in [-0.3, -0.25) is 0 Å². The molecule has 4 atom stereocenters. The first-order valence-electron chi connectivity index (χ1n) is 21.2. The molecule has 0 heterocycles. The van der Waals surface area contributed by atoms with Gasteiger partial charge in [0.2, 0.25) is 0 Å². The van der Waals surface area contributed by atoms with Crippen LogP contribution in [-0.4, -0.2) is 0 Å². The zero-order chi connectivity index (χ0) is 39.9. The highest BCUT2D eigenvalue weighted by molar-refractivity contribution is 6.10. The van der Waals surface area contributed by atoms with Crippen LogP contribution in [0.3, 0.4) is 0 Å². The zero-order valence-corrected chi connectivity index (χ0v) is 33.4. The summed E-state index contributed by atoms with van der Waals surface area (Å²) in [5, 5.41) is 0. The van der Waals surface area contributed by atoms with Crippen LogP contribution in [0.15, 0.2) is 255 Å². The third-order valence-corrected chi connectivity index (χ3v) is 13.4. The van der Waals surface area contributed by atoms with Crippen molar-refractivity contribution >= 4 is 11.1 Å². The average Bonchev–Trinajstić information content (AvgIpc) is 3.83. The Kier molecular flexibility index (Phi) is 8.86. The van der Waals surface area contributed by atoms with Crippen LogP contribution in [0.2, 0.25) is 0 Å². The lowest BCUT2D eigenvalue weighted by molar-refractivity contribution is 0.485. The standard InChI is InChI=1S/C60H44/c1-7-23-43(24-8-1)55-51-35-19-21-37-53(51)59(47-31-15-5-16-32-47,57(55)45-27-11-3-12-28-45)49-39-41-50(42-40-49)60(48-33-17-6-18-34-48)54-38-22-20-36-52(54)56(44-25-9-2-10-26-44)58(60)46-29-13-4-14-30-46/h1-42,55,57H. The molecule has 9 aromatic carbocycles. The van der Waals surface area contributed by atoms with E-state index in [0.717, 1.165) is 0 Å². The van der Waals surface area contributed by atoms with E-state index in [9.17, 15) is 0 Å². The molecule has 0 aromatic heterocycles. The van der Waals surface area contributed by atoms with Crippen molar-refractivity contribution < 1.29 is 0 Å². The minimum atomic E-state index is -0.595. The molecule has 0 radical (unpaired) electrons. The number of hydrogen-bond acceptors (Lipinski definition) is 0. The molecule has 2 aliphatic rings. The van der Waals surface area contributed by atoms with Crippen LogP contribution in [0.25, 0.3) is 11.1 Å². The van der Waals surface area contributed by atoms with E-state index in [4.69, 9.17) is 0 Å². The molecule has 4 unspecified atom stereocenters. The van der Waals surface area contributed by atoms with E-state index in [0.29, 0.717) is 0 Å². The van der Waals surface area contributed by atoms with Gasteiger partial charge in [0.1, 0.15) is 0 Å². The second-order valence-electron chi connectivity index (χ2n) is 16.3. The summed E-state index contributed by atoms with van der Waals surface area (Å²) >= 11 is 0. The second kappa shape index (κ2) is 14.8. The van der Waals surface area contributed by atoms with Crippen molar-refractivity contribution in [2.75, 3.05) is 0 Å². The minimum Gasteiger partial charge on any atom is -0.0622 e. The maximum Gasteiger partial charge on any atom is 0.0719 e. The fourth-order valence-corrected chi connectivity index (χ4v) is 11.2. The van der Waals surface area contributed by atoms with E-state index in [-0.39, 0.29) is 11.8 Å². The molecule has 0 nitrogen and oxygen atoms in total. The number of fused-ring (bicyclic) bond motifs is 2. The predicted molar refractivity (Wildman–Crippen MR) is 248 cm³/mol. The summed E-state index contributed by atoms with van der Waals surface area (Å²) in [6.45, 7) is 0. The van der Waals surface area contributed by atoms with E-state index >= 15 is 0 Å². The van der Waals surface area contributed by atoms with Gasteiger partial charge < -0.3 is 0 Å². The van der Waals surface area contributed by atoms with Crippen molar-refractivity contribution in [3.05, 3.63) is 322 Å². The molecule has 0 heteroatoms. The van der Waals surface area contributed by atoms with Gasteiger partial charge >= 0.3 is 0 Å². The Morgan fingerprint density at radius 1 is 0.300 bits per heavy atom. The topological polar surface area (TPSA) is 0 Å². The summed E-state index contributed by atoms with van der Waals surface area (Å²) in [5.74, 6) is 0.231. The summed E-state index contributed by atoms with van der Waals surface area (Å²) in [4.78, 5) is 0. The van der Waals surface area contributed by atoms with Crippen LogP contribution in [0.5, 0.6) is 0 Å². The van der Waals surface area contributed by atoms with Gasteiger partial charge in [-0.2, -0.15) is 0 Å². The molecule has 0 bridgehead atoms. The fraction of sp³-hybridized carbons (Fsp3) is 0.0667. The number of allylic oxidation sites excluding steroid dienone is 1. The lowest BCUT2D eigenvalue weighted by Gasteiger charge is -2.41. The van der Waals surface area contributed by atoms with Gasteiger partial charge in [0, 0.05) is 11.8 Å². The van der Waals surface area contributed by atoms with Gasteiger partial charge in [-0.15, -0.1) is 0 Å². The molecular weight excluding hydrogens is 721 g/mol. The lowest BCUT2D eigenvalue weighted by atomic mass is 9.60. The van der Waals surface area contributed by atoms with E-state index in [1.54, 1.807) is 0 Å². The van der Waals surface area contributed by atoms with Crippen LogP contribution >= 0.6 is 0 Å². The van der Waals surface area contributed by atoms with Gasteiger partial charge in [0.15, 0.2) is 0 Å². The molecule has 0 spiro atoms. The molecule has 0 saturated heterocycles. The Morgan fingerprint density at radius 2 is 0.717 bits per heavy atom. The molecule has 9 aromatic rings. The van der Waals surface area contributed by atoms with E-state index in [1.165, 1.54) is 77.9 Å². The highest BCUT2D eigenvalue weighted by Gasteiger charge is 2.55. The van der Waals surface area contributed by atoms with E-state index in [1.807, 2.05) is 0 Å². The predicted octanol–water partition coefficient (Wildman–Crippen LogP) is 14.3. The van der Waals surface area contributed by atoms with Gasteiger partial charge in [-0.25, -0.2) is 0 Å². The first-order valence-corrected chi connectivity index (χ1v) is 21.2. The summed E-state index contributed by atoms with van der Waals surface area (Å²) in [7, 11) is 0. The maximum atomic E-state index is 2.47. The largest absolute Gasteiger partial charge is 0.0719 e. The lowest BCUT2D eigenvalue weighted by Crippen LogP contribution is -2.35. The Hall–Kier alpha value is -7.28. The first-order chi connectivity index (χ1) is 29.8. The van der Waals surface area contributed by atoms with Crippen molar-refractivity contribution in [2.24, 2.45) is 0 Å². The molecule has 11 rings (SSSR count). The molecule has 60 heavy (non-hydrogen) atoms. The summed E-state index contributed by atoms with van der Waals surface area (Å²) in [6, 6.07) is 95.2. The Balaban J connectivity index is 1.22. The van der Waals surface area contributed by atoms with E-state index in [2.05, 4.69) is 255 Å². The monoisotopic (exact) mass is 764 g/mol. The minimum absolute atomic E-state index is 0.0894. The van der Waals surface area contributed by atoms with Crippen LogP contribution in [0, 0.1) is 0 Å². The Bertz CT molecular complexity index is 2940. The smallest absolute Gasteiger partial charge is 0.0622 e. The molecule has 0 fully saturated rings.